The molecule has 5 nitrogen and oxygen atoms in total. The Bertz CT molecular complexity index is 528. The van der Waals surface area contributed by atoms with Crippen LogP contribution in [0, 0.1) is 5.41 Å². The fourth-order valence-corrected chi connectivity index (χ4v) is 2.67. The maximum atomic E-state index is 12.4. The molecule has 0 bridgehead atoms. The fraction of sp³-hybridized carbons (Fsp3) is 0.562. The first-order chi connectivity index (χ1) is 9.82. The summed E-state index contributed by atoms with van der Waals surface area (Å²) in [6.45, 7) is 8.31. The van der Waals surface area contributed by atoms with E-state index in [1.54, 1.807) is 25.3 Å². The number of anilines is 2. The summed E-state index contributed by atoms with van der Waals surface area (Å²) in [7, 11) is 1.59. The number of methoxy groups -OCH3 is 1. The summed E-state index contributed by atoms with van der Waals surface area (Å²) < 4.78 is 5.11. The second-order valence-corrected chi connectivity index (χ2v) is 6.50. The van der Waals surface area contributed by atoms with E-state index in [0.717, 1.165) is 19.5 Å². The highest BCUT2D eigenvalue weighted by Crippen LogP contribution is 2.30. The van der Waals surface area contributed by atoms with Crippen LogP contribution in [0.5, 0.6) is 5.75 Å². The molecule has 0 aromatic heterocycles. The van der Waals surface area contributed by atoms with Crippen LogP contribution in [0.3, 0.4) is 0 Å². The Hall–Kier alpha value is -1.75. The summed E-state index contributed by atoms with van der Waals surface area (Å²) in [4.78, 5) is 14.6. The van der Waals surface area contributed by atoms with Gasteiger partial charge in [0.15, 0.2) is 0 Å². The molecule has 1 aromatic carbocycles. The smallest absolute Gasteiger partial charge is 0.241 e. The van der Waals surface area contributed by atoms with Gasteiger partial charge in [-0.05, 0) is 37.4 Å². The summed E-state index contributed by atoms with van der Waals surface area (Å²) in [6.07, 6.45) is 1.12. The highest BCUT2D eigenvalue weighted by atomic mass is 16.5. The highest BCUT2D eigenvalue weighted by molar-refractivity contribution is 5.97. The van der Waals surface area contributed by atoms with E-state index >= 15 is 0 Å². The number of ether oxygens (including phenoxy) is 1. The van der Waals surface area contributed by atoms with Crippen molar-refractivity contribution in [2.24, 2.45) is 5.41 Å². The third-order valence-corrected chi connectivity index (χ3v) is 4.15. The minimum atomic E-state index is -0.159. The van der Waals surface area contributed by atoms with Gasteiger partial charge in [-0.3, -0.25) is 9.69 Å². The molecular weight excluding hydrogens is 266 g/mol. The lowest BCUT2D eigenvalue weighted by molar-refractivity contribution is -0.120. The number of nitrogens with one attached hydrogen (secondary N) is 1. The van der Waals surface area contributed by atoms with Crippen LogP contribution in [-0.4, -0.2) is 37.0 Å². The van der Waals surface area contributed by atoms with Gasteiger partial charge in [-0.2, -0.15) is 0 Å². The lowest BCUT2D eigenvalue weighted by Gasteiger charge is -2.25. The zero-order valence-electron chi connectivity index (χ0n) is 13.3. The molecule has 1 unspecified atom stereocenters. The number of amides is 1. The highest BCUT2D eigenvalue weighted by Gasteiger charge is 2.34. The summed E-state index contributed by atoms with van der Waals surface area (Å²) in [5.41, 5.74) is 7.36. The van der Waals surface area contributed by atoms with Crippen LogP contribution in [0.1, 0.15) is 27.2 Å². The number of likely N-dealkylation sites (tertiary alicyclic amines) is 1. The van der Waals surface area contributed by atoms with Gasteiger partial charge in [0.1, 0.15) is 5.75 Å². The normalized spacial score (nSPS) is 19.2. The summed E-state index contributed by atoms with van der Waals surface area (Å²) in [5.74, 6) is 0.657. The molecule has 1 fully saturated rings. The van der Waals surface area contributed by atoms with Crippen molar-refractivity contribution in [1.82, 2.24) is 4.90 Å². The molecule has 5 heteroatoms. The monoisotopic (exact) mass is 291 g/mol. The largest absolute Gasteiger partial charge is 0.497 e. The van der Waals surface area contributed by atoms with E-state index in [-0.39, 0.29) is 17.4 Å². The quantitative estimate of drug-likeness (QED) is 0.836. The Kier molecular flexibility index (Phi) is 4.42. The number of rotatable bonds is 4. The first-order valence-electron chi connectivity index (χ1n) is 7.31. The number of nitrogens with two attached hydrogens (primary N) is 1. The number of nitrogens with zero attached hydrogens (tertiary/aromatic N) is 1. The minimum absolute atomic E-state index is 0.0235. The number of carbonyl (C=O) groups excluding carboxylic acids is 1. The second kappa shape index (κ2) is 5.93. The van der Waals surface area contributed by atoms with Crippen molar-refractivity contribution in [2.45, 2.75) is 33.2 Å². The molecule has 1 saturated heterocycles. The zero-order chi connectivity index (χ0) is 15.6. The zero-order valence-corrected chi connectivity index (χ0v) is 13.3. The van der Waals surface area contributed by atoms with Gasteiger partial charge >= 0.3 is 0 Å². The SMILES string of the molecule is COc1ccc(NC(=O)C(C)N2CCC(C)(C)C2)c(N)c1. The summed E-state index contributed by atoms with van der Waals surface area (Å²) in [6, 6.07) is 5.11. The van der Waals surface area contributed by atoms with E-state index in [9.17, 15) is 4.79 Å². The van der Waals surface area contributed by atoms with Crippen molar-refractivity contribution >= 4 is 17.3 Å². The third-order valence-electron chi connectivity index (χ3n) is 4.15. The lowest BCUT2D eigenvalue weighted by Crippen LogP contribution is -2.41. The number of hydrogen-bond acceptors (Lipinski definition) is 4. The number of benzene rings is 1. The molecular formula is C16H25N3O2. The van der Waals surface area contributed by atoms with Crippen molar-refractivity contribution in [2.75, 3.05) is 31.2 Å². The Morgan fingerprint density at radius 1 is 1.48 bits per heavy atom. The standard InChI is InChI=1S/C16H25N3O2/c1-11(19-8-7-16(2,3)10-19)15(20)18-14-6-5-12(21-4)9-13(14)17/h5-6,9,11H,7-8,10,17H2,1-4H3,(H,18,20). The molecule has 1 aromatic rings. The van der Waals surface area contributed by atoms with Gasteiger partial charge in [-0.15, -0.1) is 0 Å². The van der Waals surface area contributed by atoms with E-state index in [0.29, 0.717) is 17.1 Å². The van der Waals surface area contributed by atoms with E-state index in [1.165, 1.54) is 0 Å². The van der Waals surface area contributed by atoms with E-state index in [4.69, 9.17) is 10.5 Å². The van der Waals surface area contributed by atoms with Crippen LogP contribution in [0.4, 0.5) is 11.4 Å². The number of hydrogen-bond donors (Lipinski definition) is 2. The lowest BCUT2D eigenvalue weighted by atomic mass is 9.93. The Morgan fingerprint density at radius 3 is 2.71 bits per heavy atom. The molecule has 0 spiro atoms. The van der Waals surface area contributed by atoms with Crippen molar-refractivity contribution < 1.29 is 9.53 Å². The third kappa shape index (κ3) is 3.67. The van der Waals surface area contributed by atoms with Crippen molar-refractivity contribution in [3.05, 3.63) is 18.2 Å². The summed E-state index contributed by atoms with van der Waals surface area (Å²) >= 11 is 0. The Labute approximate surface area is 126 Å². The molecule has 2 rings (SSSR count). The first kappa shape index (κ1) is 15.6. The molecule has 0 aliphatic carbocycles. The van der Waals surface area contributed by atoms with Crippen molar-refractivity contribution in [3.8, 4) is 5.75 Å². The molecule has 21 heavy (non-hydrogen) atoms. The predicted molar refractivity (Wildman–Crippen MR) is 85.5 cm³/mol. The molecule has 3 N–H and O–H groups in total. The molecule has 0 radical (unpaired) electrons. The second-order valence-electron chi connectivity index (χ2n) is 6.50. The minimum Gasteiger partial charge on any atom is -0.497 e. The molecule has 1 aliphatic heterocycles. The molecule has 1 amide bonds. The summed E-state index contributed by atoms with van der Waals surface area (Å²) in [5, 5.41) is 2.90. The van der Waals surface area contributed by atoms with Gasteiger partial charge in [0.2, 0.25) is 5.91 Å². The van der Waals surface area contributed by atoms with Gasteiger partial charge in [-0.1, -0.05) is 13.8 Å². The van der Waals surface area contributed by atoms with Gasteiger partial charge in [0.25, 0.3) is 0 Å². The van der Waals surface area contributed by atoms with Gasteiger partial charge in [-0.25, -0.2) is 0 Å². The number of carbonyl (C=O) groups is 1. The molecule has 1 heterocycles. The Morgan fingerprint density at radius 2 is 2.19 bits per heavy atom. The van der Waals surface area contributed by atoms with Gasteiger partial charge in [0.05, 0.1) is 24.5 Å². The van der Waals surface area contributed by atoms with E-state index in [1.807, 2.05) is 6.92 Å². The van der Waals surface area contributed by atoms with Crippen LogP contribution in [-0.2, 0) is 4.79 Å². The van der Waals surface area contributed by atoms with Crippen molar-refractivity contribution in [3.63, 3.8) is 0 Å². The molecule has 1 aliphatic rings. The predicted octanol–water partition coefficient (Wildman–Crippen LogP) is 2.34. The molecule has 0 saturated carbocycles. The van der Waals surface area contributed by atoms with Crippen LogP contribution in [0.15, 0.2) is 18.2 Å². The van der Waals surface area contributed by atoms with Crippen molar-refractivity contribution in [1.29, 1.82) is 0 Å². The average molecular weight is 291 g/mol. The first-order valence-corrected chi connectivity index (χ1v) is 7.31. The topological polar surface area (TPSA) is 67.6 Å². The fourth-order valence-electron chi connectivity index (χ4n) is 2.67. The maximum absolute atomic E-state index is 12.4. The van der Waals surface area contributed by atoms with E-state index in [2.05, 4.69) is 24.1 Å². The maximum Gasteiger partial charge on any atom is 0.241 e. The van der Waals surface area contributed by atoms with Crippen LogP contribution < -0.4 is 15.8 Å². The number of nitrogen functional groups attached to an aromatic ring is 1. The molecule has 1 atom stereocenters. The van der Waals surface area contributed by atoms with Crippen LogP contribution in [0.25, 0.3) is 0 Å². The Balaban J connectivity index is 2.01. The molecule has 116 valence electrons. The van der Waals surface area contributed by atoms with E-state index < -0.39 is 0 Å². The van der Waals surface area contributed by atoms with Crippen LogP contribution in [0.2, 0.25) is 0 Å². The van der Waals surface area contributed by atoms with Crippen LogP contribution >= 0.6 is 0 Å². The average Bonchev–Trinajstić information content (AvgIpc) is 2.80. The van der Waals surface area contributed by atoms with Gasteiger partial charge in [0, 0.05) is 12.6 Å². The van der Waals surface area contributed by atoms with Gasteiger partial charge < -0.3 is 15.8 Å².